The first-order chi connectivity index (χ1) is 7.10. The lowest BCUT2D eigenvalue weighted by Gasteiger charge is -2.09. The minimum atomic E-state index is 0.537. The van der Waals surface area contributed by atoms with Gasteiger partial charge in [0, 0.05) is 6.42 Å². The van der Waals surface area contributed by atoms with Crippen LogP contribution in [-0.4, -0.2) is 6.29 Å². The monoisotopic (exact) mass is 210 g/mol. The zero-order valence-corrected chi connectivity index (χ0v) is 10.8. The Labute approximate surface area is 95.0 Å². The quantitative estimate of drug-likeness (QED) is 0.429. The van der Waals surface area contributed by atoms with Crippen molar-refractivity contribution in [2.75, 3.05) is 0 Å². The van der Waals surface area contributed by atoms with Crippen LogP contribution < -0.4 is 0 Å². The Morgan fingerprint density at radius 1 is 1.27 bits per heavy atom. The number of allylic oxidation sites excluding steroid dienone is 2. The maximum absolute atomic E-state index is 10.3. The van der Waals surface area contributed by atoms with Crippen LogP contribution in [0.15, 0.2) is 11.6 Å². The van der Waals surface area contributed by atoms with Gasteiger partial charge in [-0.1, -0.05) is 38.8 Å². The number of hydrogen-bond acceptors (Lipinski definition) is 1. The van der Waals surface area contributed by atoms with Crippen molar-refractivity contribution in [3.63, 3.8) is 0 Å². The third-order valence-electron chi connectivity index (χ3n) is 3.02. The van der Waals surface area contributed by atoms with Gasteiger partial charge in [-0.3, -0.25) is 0 Å². The summed E-state index contributed by atoms with van der Waals surface area (Å²) in [5, 5.41) is 0. The molecule has 1 nitrogen and oxygen atoms in total. The van der Waals surface area contributed by atoms with E-state index in [2.05, 4.69) is 33.8 Å². The standard InChI is InChI=1S/C14H26O/c1-5-12(2)11-14(4)8-6-7-13(3)9-10-15/h8,10,12-13H,5-7,9,11H2,1-4H3/b14-8-. The van der Waals surface area contributed by atoms with E-state index in [-0.39, 0.29) is 0 Å². The summed E-state index contributed by atoms with van der Waals surface area (Å²) in [7, 11) is 0. The molecular formula is C14H26O. The second kappa shape index (κ2) is 8.70. The van der Waals surface area contributed by atoms with Gasteiger partial charge in [0.15, 0.2) is 0 Å². The summed E-state index contributed by atoms with van der Waals surface area (Å²) in [6.07, 6.45) is 8.81. The lowest BCUT2D eigenvalue weighted by Crippen LogP contribution is -1.95. The van der Waals surface area contributed by atoms with Crippen LogP contribution in [0.3, 0.4) is 0 Å². The zero-order valence-electron chi connectivity index (χ0n) is 10.8. The van der Waals surface area contributed by atoms with Crippen LogP contribution in [0.25, 0.3) is 0 Å². The lowest BCUT2D eigenvalue weighted by molar-refractivity contribution is -0.108. The summed E-state index contributed by atoms with van der Waals surface area (Å²) in [5.74, 6) is 1.34. The van der Waals surface area contributed by atoms with Crippen molar-refractivity contribution in [3.8, 4) is 0 Å². The molecule has 0 aliphatic heterocycles. The molecule has 0 aromatic carbocycles. The summed E-state index contributed by atoms with van der Waals surface area (Å²) in [5.41, 5.74) is 1.50. The minimum Gasteiger partial charge on any atom is -0.303 e. The van der Waals surface area contributed by atoms with Crippen LogP contribution in [0, 0.1) is 11.8 Å². The maximum atomic E-state index is 10.3. The molecule has 0 aromatic heterocycles. The first-order valence-corrected chi connectivity index (χ1v) is 6.19. The number of carbonyl (C=O) groups excluding carboxylic acids is 1. The fourth-order valence-electron chi connectivity index (χ4n) is 1.67. The van der Waals surface area contributed by atoms with Crippen LogP contribution >= 0.6 is 0 Å². The predicted molar refractivity (Wildman–Crippen MR) is 66.9 cm³/mol. The van der Waals surface area contributed by atoms with Gasteiger partial charge in [0.1, 0.15) is 6.29 Å². The molecule has 0 aliphatic rings. The molecule has 0 radical (unpaired) electrons. The molecule has 1 heteroatoms. The van der Waals surface area contributed by atoms with E-state index in [0.717, 1.165) is 25.0 Å². The van der Waals surface area contributed by atoms with Crippen molar-refractivity contribution in [1.29, 1.82) is 0 Å². The normalized spacial score (nSPS) is 16.1. The molecule has 0 amide bonds. The lowest BCUT2D eigenvalue weighted by atomic mass is 9.97. The van der Waals surface area contributed by atoms with E-state index < -0.39 is 0 Å². The smallest absolute Gasteiger partial charge is 0.120 e. The van der Waals surface area contributed by atoms with Crippen LogP contribution in [-0.2, 0) is 4.79 Å². The first-order valence-electron chi connectivity index (χ1n) is 6.19. The van der Waals surface area contributed by atoms with Gasteiger partial charge in [0.2, 0.25) is 0 Å². The highest BCUT2D eigenvalue weighted by Gasteiger charge is 2.01. The fraction of sp³-hybridized carbons (Fsp3) is 0.786. The molecule has 0 bridgehead atoms. The Hall–Kier alpha value is -0.590. The highest BCUT2D eigenvalue weighted by atomic mass is 16.1. The number of aldehydes is 1. The molecule has 0 rings (SSSR count). The molecule has 0 N–H and O–H groups in total. The third-order valence-corrected chi connectivity index (χ3v) is 3.02. The van der Waals surface area contributed by atoms with E-state index in [1.54, 1.807) is 0 Å². The van der Waals surface area contributed by atoms with Gasteiger partial charge in [0.05, 0.1) is 0 Å². The van der Waals surface area contributed by atoms with E-state index in [0.29, 0.717) is 12.3 Å². The van der Waals surface area contributed by atoms with Crippen LogP contribution in [0.2, 0.25) is 0 Å². The summed E-state index contributed by atoms with van der Waals surface area (Å²) in [6, 6.07) is 0. The Kier molecular flexibility index (Phi) is 8.35. The van der Waals surface area contributed by atoms with Crippen molar-refractivity contribution in [2.45, 2.75) is 59.8 Å². The molecule has 0 fully saturated rings. The van der Waals surface area contributed by atoms with Gasteiger partial charge in [-0.25, -0.2) is 0 Å². The van der Waals surface area contributed by atoms with Gasteiger partial charge in [-0.15, -0.1) is 0 Å². The number of carbonyl (C=O) groups is 1. The molecule has 2 atom stereocenters. The van der Waals surface area contributed by atoms with E-state index in [4.69, 9.17) is 0 Å². The second-order valence-corrected chi connectivity index (χ2v) is 4.85. The van der Waals surface area contributed by atoms with Gasteiger partial charge in [-0.2, -0.15) is 0 Å². The largest absolute Gasteiger partial charge is 0.303 e. The number of hydrogen-bond donors (Lipinski definition) is 0. The highest BCUT2D eigenvalue weighted by molar-refractivity contribution is 5.49. The summed E-state index contributed by atoms with van der Waals surface area (Å²) in [4.78, 5) is 10.3. The Morgan fingerprint density at radius 2 is 1.93 bits per heavy atom. The summed E-state index contributed by atoms with van der Waals surface area (Å²) < 4.78 is 0. The van der Waals surface area contributed by atoms with Gasteiger partial charge in [0.25, 0.3) is 0 Å². The molecular weight excluding hydrogens is 184 g/mol. The van der Waals surface area contributed by atoms with Crippen molar-refractivity contribution in [1.82, 2.24) is 0 Å². The molecule has 88 valence electrons. The minimum absolute atomic E-state index is 0.537. The van der Waals surface area contributed by atoms with Crippen LogP contribution in [0.4, 0.5) is 0 Å². The van der Waals surface area contributed by atoms with E-state index in [1.807, 2.05) is 0 Å². The highest BCUT2D eigenvalue weighted by Crippen LogP contribution is 2.16. The Morgan fingerprint density at radius 3 is 2.47 bits per heavy atom. The van der Waals surface area contributed by atoms with Crippen molar-refractivity contribution < 1.29 is 4.79 Å². The maximum Gasteiger partial charge on any atom is 0.120 e. The molecule has 15 heavy (non-hydrogen) atoms. The summed E-state index contributed by atoms with van der Waals surface area (Å²) in [6.45, 7) is 8.90. The Bertz CT molecular complexity index is 194. The SMILES string of the molecule is CCC(C)C/C(C)=C\CCC(C)CC=O. The molecule has 2 unspecified atom stereocenters. The average Bonchev–Trinajstić information content (AvgIpc) is 2.18. The number of rotatable bonds is 8. The van der Waals surface area contributed by atoms with Crippen LogP contribution in [0.5, 0.6) is 0 Å². The topological polar surface area (TPSA) is 17.1 Å². The van der Waals surface area contributed by atoms with Crippen LogP contribution in [0.1, 0.15) is 59.8 Å². The Balaban J connectivity index is 3.70. The van der Waals surface area contributed by atoms with Crippen molar-refractivity contribution >= 4 is 6.29 Å². The summed E-state index contributed by atoms with van der Waals surface area (Å²) >= 11 is 0. The van der Waals surface area contributed by atoms with E-state index in [1.165, 1.54) is 18.4 Å². The molecule has 0 heterocycles. The van der Waals surface area contributed by atoms with Crippen molar-refractivity contribution in [2.24, 2.45) is 11.8 Å². The predicted octanol–water partition coefficient (Wildman–Crippen LogP) is 4.37. The molecule has 0 aliphatic carbocycles. The average molecular weight is 210 g/mol. The molecule has 0 aromatic rings. The zero-order chi connectivity index (χ0) is 11.7. The fourth-order valence-corrected chi connectivity index (χ4v) is 1.67. The molecule has 0 saturated heterocycles. The molecule has 0 spiro atoms. The second-order valence-electron chi connectivity index (χ2n) is 4.85. The van der Waals surface area contributed by atoms with E-state index >= 15 is 0 Å². The molecule has 0 saturated carbocycles. The van der Waals surface area contributed by atoms with Crippen molar-refractivity contribution in [3.05, 3.63) is 11.6 Å². The van der Waals surface area contributed by atoms with Gasteiger partial charge < -0.3 is 4.79 Å². The third kappa shape index (κ3) is 8.41. The van der Waals surface area contributed by atoms with Gasteiger partial charge >= 0.3 is 0 Å². The first kappa shape index (κ1) is 14.4. The van der Waals surface area contributed by atoms with E-state index in [9.17, 15) is 4.79 Å². The van der Waals surface area contributed by atoms with Gasteiger partial charge in [-0.05, 0) is 38.0 Å².